The molecule has 0 bridgehead atoms. The first-order valence-electron chi connectivity index (χ1n) is 11.6. The van der Waals surface area contributed by atoms with E-state index >= 15 is 0 Å². The zero-order valence-electron chi connectivity index (χ0n) is 19.7. The molecule has 4 rings (SSSR count). The van der Waals surface area contributed by atoms with Gasteiger partial charge in [0.05, 0.1) is 17.7 Å². The van der Waals surface area contributed by atoms with Crippen molar-refractivity contribution in [2.24, 2.45) is 0 Å². The topological polar surface area (TPSA) is 105 Å². The van der Waals surface area contributed by atoms with Crippen molar-refractivity contribution in [2.45, 2.75) is 38.6 Å². The zero-order chi connectivity index (χ0) is 24.9. The van der Waals surface area contributed by atoms with E-state index in [0.29, 0.717) is 12.1 Å². The Morgan fingerprint density at radius 3 is 2.20 bits per heavy atom. The number of aliphatic carboxylic acids is 1. The van der Waals surface area contributed by atoms with Gasteiger partial charge in [0.25, 0.3) is 5.91 Å². The van der Waals surface area contributed by atoms with Crippen LogP contribution in [0, 0.1) is 0 Å². The number of aryl methyl sites for hydroxylation is 1. The Morgan fingerprint density at radius 1 is 0.971 bits per heavy atom. The molecule has 2 amide bonds. The Morgan fingerprint density at radius 2 is 1.60 bits per heavy atom. The molecule has 0 saturated heterocycles. The average molecular weight is 473 g/mol. The number of hydrogen-bond acceptors (Lipinski definition) is 4. The van der Waals surface area contributed by atoms with Crippen molar-refractivity contribution in [3.05, 3.63) is 89.0 Å². The molecule has 0 saturated carbocycles. The molecule has 3 N–H and O–H groups in total. The normalized spacial score (nSPS) is 12.9. The number of benzene rings is 3. The maximum Gasteiger partial charge on any atom is 0.411 e. The fourth-order valence-electron chi connectivity index (χ4n) is 4.47. The van der Waals surface area contributed by atoms with E-state index in [0.717, 1.165) is 27.8 Å². The minimum Gasteiger partial charge on any atom is -0.481 e. The number of carbonyl (C=O) groups is 3. The molecule has 7 nitrogen and oxygen atoms in total. The van der Waals surface area contributed by atoms with Crippen LogP contribution in [0.5, 0.6) is 0 Å². The predicted molar refractivity (Wildman–Crippen MR) is 134 cm³/mol. The Hall–Kier alpha value is -4.13. The minimum absolute atomic E-state index is 0.0738. The van der Waals surface area contributed by atoms with Crippen LogP contribution in [-0.4, -0.2) is 35.7 Å². The van der Waals surface area contributed by atoms with E-state index < -0.39 is 24.0 Å². The first-order chi connectivity index (χ1) is 16.9. The molecule has 1 atom stereocenters. The summed E-state index contributed by atoms with van der Waals surface area (Å²) in [6, 6.07) is 20.8. The number of fused-ring (bicyclic) bond motifs is 3. The van der Waals surface area contributed by atoms with E-state index in [1.165, 1.54) is 0 Å². The molecule has 0 spiro atoms. The third-order valence-corrected chi connectivity index (χ3v) is 6.18. The summed E-state index contributed by atoms with van der Waals surface area (Å²) in [6.45, 7) is 3.74. The summed E-state index contributed by atoms with van der Waals surface area (Å²) >= 11 is 0. The molecule has 180 valence electrons. The molecule has 0 aromatic heterocycles. The van der Waals surface area contributed by atoms with Crippen molar-refractivity contribution >= 4 is 23.7 Å². The van der Waals surface area contributed by atoms with E-state index in [9.17, 15) is 14.4 Å². The van der Waals surface area contributed by atoms with Gasteiger partial charge in [0.15, 0.2) is 0 Å². The third-order valence-electron chi connectivity index (χ3n) is 6.18. The summed E-state index contributed by atoms with van der Waals surface area (Å²) in [5.74, 6) is -1.53. The van der Waals surface area contributed by atoms with Crippen LogP contribution in [0.15, 0.2) is 66.7 Å². The first-order valence-corrected chi connectivity index (χ1v) is 11.6. The van der Waals surface area contributed by atoms with E-state index in [-0.39, 0.29) is 24.5 Å². The van der Waals surface area contributed by atoms with Crippen LogP contribution >= 0.6 is 0 Å². The Kier molecular flexibility index (Phi) is 7.15. The molecule has 0 aliphatic heterocycles. The van der Waals surface area contributed by atoms with Crippen LogP contribution in [0.3, 0.4) is 0 Å². The number of ether oxygens (including phenoxy) is 1. The number of carboxylic acid groups (broad SMARTS) is 1. The number of carbonyl (C=O) groups excluding carboxylic acids is 2. The smallest absolute Gasteiger partial charge is 0.411 e. The lowest BCUT2D eigenvalue weighted by Crippen LogP contribution is -2.35. The predicted octanol–water partition coefficient (Wildman–Crippen LogP) is 5.20. The van der Waals surface area contributed by atoms with Crippen LogP contribution in [-0.2, 0) is 16.0 Å². The number of hydrogen-bond donors (Lipinski definition) is 3. The van der Waals surface area contributed by atoms with E-state index in [1.807, 2.05) is 49.4 Å². The van der Waals surface area contributed by atoms with Crippen molar-refractivity contribution in [1.29, 1.82) is 0 Å². The third kappa shape index (κ3) is 5.35. The van der Waals surface area contributed by atoms with Gasteiger partial charge in [0.1, 0.15) is 6.61 Å². The van der Waals surface area contributed by atoms with Crippen molar-refractivity contribution in [3.63, 3.8) is 0 Å². The van der Waals surface area contributed by atoms with Gasteiger partial charge < -0.3 is 15.2 Å². The quantitative estimate of drug-likeness (QED) is 0.418. The van der Waals surface area contributed by atoms with Gasteiger partial charge >= 0.3 is 12.1 Å². The summed E-state index contributed by atoms with van der Waals surface area (Å²) in [6.07, 6.45) is -0.159. The van der Waals surface area contributed by atoms with Gasteiger partial charge in [0, 0.05) is 12.0 Å². The molecule has 7 heteroatoms. The van der Waals surface area contributed by atoms with Crippen LogP contribution < -0.4 is 10.6 Å². The lowest BCUT2D eigenvalue weighted by atomic mass is 9.98. The SMILES string of the molecule is CCc1ccc(NC(=O)OCC2c3ccccc3-c3ccccc32)c(C(=O)NC(C)CC(=O)O)c1. The highest BCUT2D eigenvalue weighted by Crippen LogP contribution is 2.44. The number of rotatable bonds is 8. The fourth-order valence-corrected chi connectivity index (χ4v) is 4.47. The standard InChI is InChI=1S/C28H28N2O5/c1-3-18-12-13-25(23(15-18)27(33)29-17(2)14-26(31)32)30-28(34)35-16-24-21-10-6-4-8-19(21)20-9-5-7-11-22(20)24/h4-13,15,17,24H,3,14,16H2,1-2H3,(H,29,33)(H,30,34)(H,31,32). The summed E-state index contributed by atoms with van der Waals surface area (Å²) < 4.78 is 5.61. The summed E-state index contributed by atoms with van der Waals surface area (Å²) in [5.41, 5.74) is 5.99. The van der Waals surface area contributed by atoms with Crippen molar-refractivity contribution in [3.8, 4) is 11.1 Å². The van der Waals surface area contributed by atoms with Gasteiger partial charge in [-0.05, 0) is 53.3 Å². The van der Waals surface area contributed by atoms with E-state index in [2.05, 4.69) is 22.8 Å². The summed E-state index contributed by atoms with van der Waals surface area (Å²) in [5, 5.41) is 14.3. The number of amides is 2. The van der Waals surface area contributed by atoms with Crippen LogP contribution in [0.2, 0.25) is 0 Å². The molecule has 3 aromatic carbocycles. The first kappa shape index (κ1) is 24.0. The Balaban J connectivity index is 1.48. The maximum atomic E-state index is 12.9. The van der Waals surface area contributed by atoms with Crippen LogP contribution in [0.1, 0.15) is 53.2 Å². The summed E-state index contributed by atoms with van der Waals surface area (Å²) in [7, 11) is 0. The molecule has 0 radical (unpaired) electrons. The van der Waals surface area contributed by atoms with Gasteiger partial charge in [-0.2, -0.15) is 0 Å². The van der Waals surface area contributed by atoms with Gasteiger partial charge in [-0.25, -0.2) is 4.79 Å². The van der Waals surface area contributed by atoms with E-state index in [1.54, 1.807) is 19.1 Å². The van der Waals surface area contributed by atoms with Crippen LogP contribution in [0.4, 0.5) is 10.5 Å². The number of carboxylic acids is 1. The molecular formula is C28H28N2O5. The van der Waals surface area contributed by atoms with Gasteiger partial charge in [-0.15, -0.1) is 0 Å². The molecule has 1 unspecified atom stereocenters. The molecule has 0 heterocycles. The maximum absolute atomic E-state index is 12.9. The van der Waals surface area contributed by atoms with Gasteiger partial charge in [0.2, 0.25) is 0 Å². The molecular weight excluding hydrogens is 444 g/mol. The van der Waals surface area contributed by atoms with Crippen molar-refractivity contribution in [2.75, 3.05) is 11.9 Å². The monoisotopic (exact) mass is 472 g/mol. The van der Waals surface area contributed by atoms with Crippen molar-refractivity contribution < 1.29 is 24.2 Å². The highest BCUT2D eigenvalue weighted by molar-refractivity contribution is 6.03. The second-order valence-electron chi connectivity index (χ2n) is 8.66. The lowest BCUT2D eigenvalue weighted by Gasteiger charge is -2.17. The Labute approximate surface area is 204 Å². The lowest BCUT2D eigenvalue weighted by molar-refractivity contribution is -0.137. The molecule has 1 aliphatic carbocycles. The number of anilines is 1. The minimum atomic E-state index is -1.00. The molecule has 0 fully saturated rings. The second kappa shape index (κ2) is 10.4. The Bertz CT molecular complexity index is 1220. The van der Waals surface area contributed by atoms with Crippen molar-refractivity contribution in [1.82, 2.24) is 5.32 Å². The molecule has 1 aliphatic rings. The number of nitrogens with one attached hydrogen (secondary N) is 2. The largest absolute Gasteiger partial charge is 0.481 e. The van der Waals surface area contributed by atoms with Gasteiger partial charge in [-0.1, -0.05) is 61.5 Å². The molecule has 3 aromatic rings. The summed E-state index contributed by atoms with van der Waals surface area (Å²) in [4.78, 5) is 36.6. The average Bonchev–Trinajstić information content (AvgIpc) is 3.16. The second-order valence-corrected chi connectivity index (χ2v) is 8.66. The highest BCUT2D eigenvalue weighted by atomic mass is 16.5. The zero-order valence-corrected chi connectivity index (χ0v) is 19.7. The molecule has 35 heavy (non-hydrogen) atoms. The van der Waals surface area contributed by atoms with Crippen LogP contribution in [0.25, 0.3) is 11.1 Å². The fraction of sp³-hybridized carbons (Fsp3) is 0.250. The van der Waals surface area contributed by atoms with E-state index in [4.69, 9.17) is 9.84 Å². The van der Waals surface area contributed by atoms with Gasteiger partial charge in [-0.3, -0.25) is 14.9 Å². The highest BCUT2D eigenvalue weighted by Gasteiger charge is 2.29.